The molecule has 0 fully saturated rings. The predicted molar refractivity (Wildman–Crippen MR) is 86.0 cm³/mol. The minimum Gasteiger partial charge on any atom is -0.455 e. The summed E-state index contributed by atoms with van der Waals surface area (Å²) in [5.74, 6) is 0.154. The normalized spacial score (nSPS) is 14.3. The van der Waals surface area contributed by atoms with Gasteiger partial charge in [0.05, 0.1) is 17.4 Å². The molecule has 126 valence electrons. The maximum absolute atomic E-state index is 12.4. The molecular formula is C16H16N2O5S. The van der Waals surface area contributed by atoms with Crippen molar-refractivity contribution >= 4 is 27.2 Å². The highest BCUT2D eigenvalue weighted by Gasteiger charge is 2.28. The topological polar surface area (TPSA) is 106 Å². The van der Waals surface area contributed by atoms with E-state index in [2.05, 4.69) is 10.3 Å². The van der Waals surface area contributed by atoms with Crippen LogP contribution in [0.15, 0.2) is 27.8 Å². The summed E-state index contributed by atoms with van der Waals surface area (Å²) in [6.07, 6.45) is 4.14. The second-order valence-corrected chi connectivity index (χ2v) is 7.71. The molecule has 0 saturated carbocycles. The van der Waals surface area contributed by atoms with Crippen molar-refractivity contribution in [1.29, 1.82) is 0 Å². The van der Waals surface area contributed by atoms with Crippen molar-refractivity contribution in [2.75, 3.05) is 11.6 Å². The first-order chi connectivity index (χ1) is 11.3. The second kappa shape index (κ2) is 5.86. The fourth-order valence-electron chi connectivity index (χ4n) is 2.73. The van der Waals surface area contributed by atoms with Crippen molar-refractivity contribution in [3.05, 3.63) is 41.0 Å². The van der Waals surface area contributed by atoms with Gasteiger partial charge >= 0.3 is 0 Å². The number of anilines is 1. The van der Waals surface area contributed by atoms with E-state index >= 15 is 0 Å². The number of fused-ring (bicyclic) bond motifs is 1. The van der Waals surface area contributed by atoms with Crippen LogP contribution in [0, 0.1) is 6.92 Å². The predicted octanol–water partition coefficient (Wildman–Crippen LogP) is 2.16. The summed E-state index contributed by atoms with van der Waals surface area (Å²) in [7, 11) is -3.40. The fourth-order valence-corrected chi connectivity index (χ4v) is 3.29. The summed E-state index contributed by atoms with van der Waals surface area (Å²) in [5.41, 5.74) is 1.39. The molecule has 24 heavy (non-hydrogen) atoms. The minimum atomic E-state index is -3.40. The van der Waals surface area contributed by atoms with Crippen molar-refractivity contribution in [3.8, 4) is 0 Å². The molecule has 3 rings (SSSR count). The Labute approximate surface area is 139 Å². The number of carbonyl (C=O) groups is 2. The monoisotopic (exact) mass is 348 g/mol. The van der Waals surface area contributed by atoms with E-state index in [1.165, 1.54) is 18.3 Å². The lowest BCUT2D eigenvalue weighted by molar-refractivity contribution is 0.0963. The molecule has 1 aliphatic rings. The van der Waals surface area contributed by atoms with Crippen LogP contribution >= 0.6 is 0 Å². The Morgan fingerprint density at radius 3 is 2.62 bits per heavy atom. The molecule has 2 aromatic heterocycles. The van der Waals surface area contributed by atoms with E-state index < -0.39 is 15.7 Å². The molecule has 0 bridgehead atoms. The number of nitrogens with one attached hydrogen (secondary N) is 1. The number of sulfone groups is 1. The Morgan fingerprint density at radius 2 is 2.04 bits per heavy atom. The Balaban J connectivity index is 1.85. The molecule has 0 spiro atoms. The Kier molecular flexibility index (Phi) is 4.00. The van der Waals surface area contributed by atoms with E-state index in [4.69, 9.17) is 4.42 Å². The zero-order valence-corrected chi connectivity index (χ0v) is 14.1. The number of aryl methyl sites for hydroxylation is 1. The highest BCUT2D eigenvalue weighted by atomic mass is 32.2. The van der Waals surface area contributed by atoms with E-state index in [0.29, 0.717) is 35.4 Å². The molecule has 0 aromatic carbocycles. The van der Waals surface area contributed by atoms with Crippen molar-refractivity contribution in [1.82, 2.24) is 4.98 Å². The summed E-state index contributed by atoms with van der Waals surface area (Å²) in [6, 6.07) is 2.76. The van der Waals surface area contributed by atoms with Crippen molar-refractivity contribution in [2.24, 2.45) is 0 Å². The lowest BCUT2D eigenvalue weighted by Gasteiger charge is -2.07. The number of amides is 1. The molecule has 0 atom stereocenters. The highest BCUT2D eigenvalue weighted by molar-refractivity contribution is 7.90. The van der Waals surface area contributed by atoms with Gasteiger partial charge in [-0.25, -0.2) is 13.4 Å². The van der Waals surface area contributed by atoms with Gasteiger partial charge in [-0.2, -0.15) is 0 Å². The second-order valence-electron chi connectivity index (χ2n) is 5.74. The van der Waals surface area contributed by atoms with Gasteiger partial charge in [-0.15, -0.1) is 0 Å². The standard InChI is InChI=1S/C16H16N2O5S/c1-9-14-11(19)4-3-5-12(14)23-15(9)16(20)18-10-6-7-13(17-8-10)24(2,21)22/h6-8H,3-5H2,1-2H3,(H,18,20). The number of pyridine rings is 1. The van der Waals surface area contributed by atoms with E-state index in [9.17, 15) is 18.0 Å². The van der Waals surface area contributed by atoms with Gasteiger partial charge in [-0.3, -0.25) is 9.59 Å². The first-order valence-electron chi connectivity index (χ1n) is 7.40. The van der Waals surface area contributed by atoms with E-state index in [0.717, 1.165) is 12.7 Å². The Hall–Kier alpha value is -2.48. The number of nitrogens with zero attached hydrogens (tertiary/aromatic N) is 1. The third-order valence-corrected chi connectivity index (χ3v) is 4.89. The highest BCUT2D eigenvalue weighted by Crippen LogP contribution is 2.29. The van der Waals surface area contributed by atoms with Crippen LogP contribution in [0.1, 0.15) is 45.1 Å². The van der Waals surface area contributed by atoms with Crippen LogP contribution in [-0.2, 0) is 16.3 Å². The van der Waals surface area contributed by atoms with Gasteiger partial charge in [0.25, 0.3) is 5.91 Å². The van der Waals surface area contributed by atoms with Gasteiger partial charge in [-0.1, -0.05) is 0 Å². The molecule has 0 aliphatic heterocycles. The lowest BCUT2D eigenvalue weighted by atomic mass is 9.94. The number of hydrogen-bond donors (Lipinski definition) is 1. The summed E-state index contributed by atoms with van der Waals surface area (Å²) >= 11 is 0. The number of furan rings is 1. The third-order valence-electron chi connectivity index (χ3n) is 3.89. The van der Waals surface area contributed by atoms with E-state index in [1.54, 1.807) is 6.92 Å². The van der Waals surface area contributed by atoms with Crippen molar-refractivity contribution in [3.63, 3.8) is 0 Å². The lowest BCUT2D eigenvalue weighted by Crippen LogP contribution is -2.13. The first-order valence-corrected chi connectivity index (χ1v) is 9.29. The molecular weight excluding hydrogens is 332 g/mol. The molecule has 1 N–H and O–H groups in total. The number of rotatable bonds is 3. The van der Waals surface area contributed by atoms with Crippen LogP contribution in [-0.4, -0.2) is 31.3 Å². The fraction of sp³-hybridized carbons (Fsp3) is 0.312. The number of aromatic nitrogens is 1. The number of carbonyl (C=O) groups excluding carboxylic acids is 2. The quantitative estimate of drug-likeness (QED) is 0.911. The molecule has 2 heterocycles. The summed E-state index contributed by atoms with van der Waals surface area (Å²) in [5, 5.41) is 2.53. The number of Topliss-reactive ketones (excluding diaryl/α,β-unsaturated/α-hetero) is 1. The van der Waals surface area contributed by atoms with E-state index in [1.807, 2.05) is 0 Å². The minimum absolute atomic E-state index is 0.00396. The Bertz CT molecular complexity index is 926. The van der Waals surface area contributed by atoms with Crippen LogP contribution in [0.4, 0.5) is 5.69 Å². The maximum atomic E-state index is 12.4. The van der Waals surface area contributed by atoms with Crippen LogP contribution in [0.25, 0.3) is 0 Å². The van der Waals surface area contributed by atoms with Gasteiger partial charge < -0.3 is 9.73 Å². The zero-order chi connectivity index (χ0) is 17.5. The third kappa shape index (κ3) is 2.96. The SMILES string of the molecule is Cc1c(C(=O)Nc2ccc(S(C)(=O)=O)nc2)oc2c1C(=O)CCC2. The Morgan fingerprint density at radius 1 is 1.29 bits per heavy atom. The number of hydrogen-bond acceptors (Lipinski definition) is 6. The molecule has 0 saturated heterocycles. The average Bonchev–Trinajstić information content (AvgIpc) is 2.85. The largest absolute Gasteiger partial charge is 0.455 e. The number of ketones is 1. The first kappa shape index (κ1) is 16.4. The average molecular weight is 348 g/mol. The van der Waals surface area contributed by atoms with Crippen LogP contribution < -0.4 is 5.32 Å². The molecule has 1 amide bonds. The zero-order valence-electron chi connectivity index (χ0n) is 13.3. The molecule has 1 aliphatic carbocycles. The van der Waals surface area contributed by atoms with Gasteiger partial charge in [0.2, 0.25) is 0 Å². The van der Waals surface area contributed by atoms with Crippen LogP contribution in [0.2, 0.25) is 0 Å². The van der Waals surface area contributed by atoms with Gasteiger partial charge in [0, 0.05) is 24.7 Å². The van der Waals surface area contributed by atoms with Crippen LogP contribution in [0.3, 0.4) is 0 Å². The summed E-state index contributed by atoms with van der Waals surface area (Å²) in [4.78, 5) is 28.2. The van der Waals surface area contributed by atoms with E-state index in [-0.39, 0.29) is 16.6 Å². The van der Waals surface area contributed by atoms with Gasteiger partial charge in [0.1, 0.15) is 5.76 Å². The van der Waals surface area contributed by atoms with Crippen LogP contribution in [0.5, 0.6) is 0 Å². The molecule has 8 heteroatoms. The van der Waals surface area contributed by atoms with Crippen molar-refractivity contribution < 1.29 is 22.4 Å². The smallest absolute Gasteiger partial charge is 0.291 e. The van der Waals surface area contributed by atoms with Gasteiger partial charge in [0.15, 0.2) is 26.4 Å². The maximum Gasteiger partial charge on any atom is 0.291 e. The molecule has 0 unspecified atom stereocenters. The molecule has 7 nitrogen and oxygen atoms in total. The van der Waals surface area contributed by atoms with Crippen molar-refractivity contribution in [2.45, 2.75) is 31.2 Å². The van der Waals surface area contributed by atoms with Gasteiger partial charge in [-0.05, 0) is 25.5 Å². The summed E-state index contributed by atoms with van der Waals surface area (Å²) < 4.78 is 28.3. The summed E-state index contributed by atoms with van der Waals surface area (Å²) in [6.45, 7) is 1.69. The molecule has 0 radical (unpaired) electrons. The molecule has 2 aromatic rings.